The first-order valence-corrected chi connectivity index (χ1v) is 3.95. The summed E-state index contributed by atoms with van der Waals surface area (Å²) >= 11 is 2.92. The molecule has 0 saturated carbocycles. The highest BCUT2D eigenvalue weighted by Crippen LogP contribution is 2.31. The van der Waals surface area contributed by atoms with Crippen molar-refractivity contribution >= 4 is 15.9 Å². The van der Waals surface area contributed by atoms with Gasteiger partial charge in [-0.05, 0) is 22.9 Å². The fraction of sp³-hybridized carbons (Fsp3) is 0.286. The molecule has 1 rings (SSSR count). The van der Waals surface area contributed by atoms with Crippen LogP contribution in [0.25, 0.3) is 0 Å². The van der Waals surface area contributed by atoms with Gasteiger partial charge in [0.15, 0.2) is 5.75 Å². The zero-order valence-corrected chi connectivity index (χ0v) is 7.77. The Morgan fingerprint density at radius 2 is 2.17 bits per heavy atom. The fourth-order valence-electron chi connectivity index (χ4n) is 0.796. The molecule has 1 N–H and O–H groups in total. The van der Waals surface area contributed by atoms with Crippen molar-refractivity contribution in [3.05, 3.63) is 21.9 Å². The fourth-order valence-corrected chi connectivity index (χ4v) is 1.20. The second kappa shape index (κ2) is 3.35. The van der Waals surface area contributed by atoms with E-state index in [0.29, 0.717) is 0 Å². The van der Waals surface area contributed by atoms with Gasteiger partial charge in [-0.25, -0.2) is 13.8 Å². The molecule has 0 fully saturated rings. The highest BCUT2D eigenvalue weighted by molar-refractivity contribution is 9.10. The van der Waals surface area contributed by atoms with Crippen molar-refractivity contribution < 1.29 is 13.9 Å². The van der Waals surface area contributed by atoms with E-state index in [1.165, 1.54) is 6.92 Å². The number of rotatable bonds is 1. The molecule has 2 nitrogen and oxygen atoms in total. The topological polar surface area (TPSA) is 33.1 Å². The first-order chi connectivity index (χ1) is 5.54. The number of aromatic nitrogens is 1. The van der Waals surface area contributed by atoms with Crippen molar-refractivity contribution in [1.82, 2.24) is 4.98 Å². The maximum atomic E-state index is 12.2. The summed E-state index contributed by atoms with van der Waals surface area (Å²) < 4.78 is 24.5. The molecule has 0 saturated heterocycles. The lowest BCUT2D eigenvalue weighted by molar-refractivity contribution is 0.149. The summed E-state index contributed by atoms with van der Waals surface area (Å²) in [6.07, 6.45) is -1.56. The molecule has 0 amide bonds. The monoisotopic (exact) mass is 237 g/mol. The smallest absolute Gasteiger partial charge is 0.265 e. The number of hydrogen-bond donors (Lipinski definition) is 1. The van der Waals surface area contributed by atoms with Gasteiger partial charge in [0.05, 0.1) is 0 Å². The van der Waals surface area contributed by atoms with E-state index in [1.807, 2.05) is 0 Å². The van der Waals surface area contributed by atoms with Gasteiger partial charge in [0.1, 0.15) is 4.60 Å². The second-order valence-corrected chi connectivity index (χ2v) is 3.03. The third-order valence-electron chi connectivity index (χ3n) is 1.54. The van der Waals surface area contributed by atoms with Crippen LogP contribution < -0.4 is 0 Å². The zero-order valence-electron chi connectivity index (χ0n) is 6.18. The van der Waals surface area contributed by atoms with E-state index in [2.05, 4.69) is 20.9 Å². The van der Waals surface area contributed by atoms with E-state index in [1.54, 1.807) is 0 Å². The number of halogens is 3. The standard InChI is InChI=1S/C7H6BrF2NO/c1-3-4(7(9)10)2-11-6(8)5(3)12/h2,7,12H,1H3. The summed E-state index contributed by atoms with van der Waals surface area (Å²) in [6, 6.07) is 0. The first-order valence-electron chi connectivity index (χ1n) is 3.16. The summed E-state index contributed by atoms with van der Waals surface area (Å²) in [7, 11) is 0. The van der Waals surface area contributed by atoms with E-state index < -0.39 is 6.43 Å². The van der Waals surface area contributed by atoms with Gasteiger partial charge in [-0.1, -0.05) is 0 Å². The normalized spacial score (nSPS) is 10.8. The van der Waals surface area contributed by atoms with Crippen LogP contribution in [-0.4, -0.2) is 10.1 Å². The molecule has 66 valence electrons. The number of alkyl halides is 2. The van der Waals surface area contributed by atoms with Crippen LogP contribution >= 0.6 is 15.9 Å². The van der Waals surface area contributed by atoms with E-state index in [4.69, 9.17) is 0 Å². The number of hydrogen-bond acceptors (Lipinski definition) is 2. The minimum Gasteiger partial charge on any atom is -0.505 e. The molecule has 0 bridgehead atoms. The summed E-state index contributed by atoms with van der Waals surface area (Å²) in [5.41, 5.74) is -0.0809. The van der Waals surface area contributed by atoms with E-state index in [9.17, 15) is 13.9 Å². The predicted molar refractivity (Wildman–Crippen MR) is 43.3 cm³/mol. The molecule has 1 heterocycles. The Hall–Kier alpha value is -0.710. The Labute approximate surface area is 76.4 Å². The molecule has 5 heteroatoms. The van der Waals surface area contributed by atoms with Crippen LogP contribution in [0.5, 0.6) is 5.75 Å². The summed E-state index contributed by atoms with van der Waals surface area (Å²) in [6.45, 7) is 1.42. The van der Waals surface area contributed by atoms with Gasteiger partial charge < -0.3 is 5.11 Å². The molecule has 0 atom stereocenters. The number of pyridine rings is 1. The summed E-state index contributed by atoms with van der Waals surface area (Å²) in [4.78, 5) is 3.55. The minimum atomic E-state index is -2.60. The average Bonchev–Trinajstić information content (AvgIpc) is 2.00. The largest absolute Gasteiger partial charge is 0.505 e. The van der Waals surface area contributed by atoms with Crippen LogP contribution in [0, 0.1) is 6.92 Å². The molecule has 0 aliphatic rings. The van der Waals surface area contributed by atoms with Gasteiger partial charge >= 0.3 is 0 Å². The van der Waals surface area contributed by atoms with Crippen molar-refractivity contribution in [2.24, 2.45) is 0 Å². The maximum absolute atomic E-state index is 12.2. The van der Waals surface area contributed by atoms with Crippen LogP contribution in [0.4, 0.5) is 8.78 Å². The molecular formula is C7H6BrF2NO. The van der Waals surface area contributed by atoms with E-state index >= 15 is 0 Å². The molecule has 0 aliphatic carbocycles. The predicted octanol–water partition coefficient (Wildman–Crippen LogP) is 2.80. The molecule has 1 aromatic heterocycles. The van der Waals surface area contributed by atoms with Gasteiger partial charge in [-0.2, -0.15) is 0 Å². The van der Waals surface area contributed by atoms with E-state index in [0.717, 1.165) is 6.20 Å². The highest BCUT2D eigenvalue weighted by Gasteiger charge is 2.15. The maximum Gasteiger partial charge on any atom is 0.265 e. The van der Waals surface area contributed by atoms with Crippen molar-refractivity contribution in [1.29, 1.82) is 0 Å². The second-order valence-electron chi connectivity index (χ2n) is 2.28. The van der Waals surface area contributed by atoms with Crippen LogP contribution in [-0.2, 0) is 0 Å². The molecule has 12 heavy (non-hydrogen) atoms. The van der Waals surface area contributed by atoms with Crippen LogP contribution in [0.3, 0.4) is 0 Å². The molecule has 0 aromatic carbocycles. The summed E-state index contributed by atoms with van der Waals surface area (Å²) in [5.74, 6) is -0.229. The Kier molecular flexibility index (Phi) is 2.62. The SMILES string of the molecule is Cc1c(C(F)F)cnc(Br)c1O. The van der Waals surface area contributed by atoms with Gasteiger partial charge in [0.2, 0.25) is 0 Å². The quantitative estimate of drug-likeness (QED) is 0.763. The van der Waals surface area contributed by atoms with Gasteiger partial charge in [-0.15, -0.1) is 0 Å². The number of nitrogens with zero attached hydrogens (tertiary/aromatic N) is 1. The van der Waals surface area contributed by atoms with E-state index in [-0.39, 0.29) is 21.5 Å². The van der Waals surface area contributed by atoms with Gasteiger partial charge in [0, 0.05) is 17.3 Å². The van der Waals surface area contributed by atoms with Crippen LogP contribution in [0.1, 0.15) is 17.6 Å². The Morgan fingerprint density at radius 1 is 1.58 bits per heavy atom. The third kappa shape index (κ3) is 1.55. The Balaban J connectivity index is 3.27. The Bertz CT molecular complexity index is 304. The summed E-state index contributed by atoms with van der Waals surface area (Å²) in [5, 5.41) is 9.19. The molecule has 0 radical (unpaired) electrons. The van der Waals surface area contributed by atoms with Crippen molar-refractivity contribution in [3.63, 3.8) is 0 Å². The molecule has 0 spiro atoms. The molecule has 0 aliphatic heterocycles. The molecule has 0 unspecified atom stereocenters. The Morgan fingerprint density at radius 3 is 2.67 bits per heavy atom. The zero-order chi connectivity index (χ0) is 9.30. The minimum absolute atomic E-state index is 0.159. The first kappa shape index (κ1) is 9.38. The number of aromatic hydroxyl groups is 1. The average molecular weight is 238 g/mol. The van der Waals surface area contributed by atoms with Crippen molar-refractivity contribution in [2.45, 2.75) is 13.3 Å². The molecular weight excluding hydrogens is 232 g/mol. The lowest BCUT2D eigenvalue weighted by Gasteiger charge is -2.06. The van der Waals surface area contributed by atoms with Gasteiger partial charge in [0.25, 0.3) is 6.43 Å². The molecule has 1 aromatic rings. The highest BCUT2D eigenvalue weighted by atomic mass is 79.9. The lowest BCUT2D eigenvalue weighted by Crippen LogP contribution is -1.92. The van der Waals surface area contributed by atoms with Gasteiger partial charge in [-0.3, -0.25) is 0 Å². The third-order valence-corrected chi connectivity index (χ3v) is 2.12. The van der Waals surface area contributed by atoms with Crippen molar-refractivity contribution in [2.75, 3.05) is 0 Å². The van der Waals surface area contributed by atoms with Crippen LogP contribution in [0.2, 0.25) is 0 Å². The van der Waals surface area contributed by atoms with Crippen LogP contribution in [0.15, 0.2) is 10.8 Å². The van der Waals surface area contributed by atoms with Crippen molar-refractivity contribution in [3.8, 4) is 5.75 Å². The lowest BCUT2D eigenvalue weighted by atomic mass is 10.1.